The number of ether oxygens (including phenoxy) is 2. The van der Waals surface area contributed by atoms with Gasteiger partial charge in [-0.3, -0.25) is 14.4 Å². The number of rotatable bonds is 19. The molecule has 0 aliphatic rings. The molecule has 1 aromatic rings. The van der Waals surface area contributed by atoms with E-state index in [9.17, 15) is 14.4 Å². The summed E-state index contributed by atoms with van der Waals surface area (Å²) in [5, 5.41) is 0. The van der Waals surface area contributed by atoms with Gasteiger partial charge in [0, 0.05) is 0 Å². The lowest BCUT2D eigenvalue weighted by molar-refractivity contribution is -0.148. The number of esters is 1. The lowest BCUT2D eigenvalue weighted by Gasteiger charge is -2.15. The van der Waals surface area contributed by atoms with Crippen molar-refractivity contribution in [2.24, 2.45) is 5.92 Å². The van der Waals surface area contributed by atoms with Crippen LogP contribution in [0.3, 0.4) is 0 Å². The van der Waals surface area contributed by atoms with Crippen LogP contribution in [-0.2, 0) is 14.3 Å². The Kier molecular flexibility index (Phi) is 15.1. The summed E-state index contributed by atoms with van der Waals surface area (Å²) >= 11 is 0. The molecule has 0 saturated heterocycles. The Morgan fingerprint density at radius 3 is 1.84 bits per heavy atom. The largest absolute Gasteiger partial charge is 0.493 e. The molecule has 0 fully saturated rings. The molecule has 5 heteroatoms. The molecule has 0 heterocycles. The van der Waals surface area contributed by atoms with Crippen molar-refractivity contribution < 1.29 is 23.9 Å². The summed E-state index contributed by atoms with van der Waals surface area (Å²) in [6.07, 6.45) is 15.2. The number of Topliss-reactive ketones (excluding diaryl/α,β-unsaturated/α-hetero) is 2. The van der Waals surface area contributed by atoms with E-state index in [0.29, 0.717) is 12.4 Å². The third-order valence-corrected chi connectivity index (χ3v) is 5.60. The number of carbonyl (C=O) groups is 3. The molecule has 0 radical (unpaired) electrons. The summed E-state index contributed by atoms with van der Waals surface area (Å²) in [5.41, 5.74) is 0.250. The van der Waals surface area contributed by atoms with Gasteiger partial charge in [0.1, 0.15) is 5.75 Å². The lowest BCUT2D eigenvalue weighted by atomic mass is 9.94. The van der Waals surface area contributed by atoms with Crippen LogP contribution in [0.2, 0.25) is 0 Å². The molecule has 32 heavy (non-hydrogen) atoms. The Morgan fingerprint density at radius 2 is 1.31 bits per heavy atom. The molecule has 0 N–H and O–H groups in total. The van der Waals surface area contributed by atoms with E-state index in [4.69, 9.17) is 9.47 Å². The van der Waals surface area contributed by atoms with E-state index in [2.05, 4.69) is 6.92 Å². The van der Waals surface area contributed by atoms with Crippen molar-refractivity contribution in [2.45, 2.75) is 97.8 Å². The summed E-state index contributed by atoms with van der Waals surface area (Å²) in [6.45, 7) is 5.75. The Hall–Kier alpha value is -2.17. The van der Waals surface area contributed by atoms with Crippen LogP contribution in [0.1, 0.15) is 108 Å². The Balaban J connectivity index is 2.34. The van der Waals surface area contributed by atoms with E-state index < -0.39 is 23.5 Å². The molecule has 0 aromatic heterocycles. The second-order valence-corrected chi connectivity index (χ2v) is 8.39. The van der Waals surface area contributed by atoms with Crippen molar-refractivity contribution in [3.8, 4) is 5.75 Å². The summed E-state index contributed by atoms with van der Waals surface area (Å²) in [5.74, 6) is -2.92. The number of unbranched alkanes of at least 4 members (excludes halogenated alkanes) is 11. The van der Waals surface area contributed by atoms with E-state index in [1.165, 1.54) is 71.1 Å². The molecule has 0 bridgehead atoms. The first-order chi connectivity index (χ1) is 15.5. The van der Waals surface area contributed by atoms with Crippen molar-refractivity contribution >= 4 is 17.5 Å². The number of hydrogen-bond acceptors (Lipinski definition) is 5. The third-order valence-electron chi connectivity index (χ3n) is 5.60. The zero-order valence-electron chi connectivity index (χ0n) is 20.3. The van der Waals surface area contributed by atoms with Crippen LogP contribution in [0.5, 0.6) is 5.75 Å². The zero-order valence-corrected chi connectivity index (χ0v) is 20.3. The molecule has 1 unspecified atom stereocenters. The van der Waals surface area contributed by atoms with Crippen molar-refractivity contribution in [3.05, 3.63) is 29.8 Å². The van der Waals surface area contributed by atoms with Gasteiger partial charge in [0.25, 0.3) is 0 Å². The zero-order chi connectivity index (χ0) is 23.6. The van der Waals surface area contributed by atoms with E-state index in [-0.39, 0.29) is 12.2 Å². The van der Waals surface area contributed by atoms with Crippen LogP contribution in [0.15, 0.2) is 24.3 Å². The molecule has 0 aliphatic heterocycles. The molecule has 1 aromatic carbocycles. The highest BCUT2D eigenvalue weighted by Crippen LogP contribution is 2.23. The molecule has 0 saturated carbocycles. The first kappa shape index (κ1) is 27.9. The maximum atomic E-state index is 12.9. The SMILES string of the molecule is CCCCCCCCCCCCCCOc1ccccc1C(=O)C(C(C)=O)C(=O)OCC. The Labute approximate surface area is 194 Å². The van der Waals surface area contributed by atoms with E-state index in [1.54, 1.807) is 31.2 Å². The predicted molar refractivity (Wildman–Crippen MR) is 128 cm³/mol. The van der Waals surface area contributed by atoms with Crippen LogP contribution in [0.4, 0.5) is 0 Å². The van der Waals surface area contributed by atoms with Gasteiger partial charge < -0.3 is 9.47 Å². The molecule has 5 nitrogen and oxygen atoms in total. The van der Waals surface area contributed by atoms with Crippen LogP contribution in [0, 0.1) is 5.92 Å². The molecular formula is C27H42O5. The molecule has 180 valence electrons. The topological polar surface area (TPSA) is 69.7 Å². The van der Waals surface area contributed by atoms with E-state index in [1.807, 2.05) is 0 Å². The molecule has 1 atom stereocenters. The lowest BCUT2D eigenvalue weighted by Crippen LogP contribution is -2.32. The van der Waals surface area contributed by atoms with Gasteiger partial charge >= 0.3 is 5.97 Å². The van der Waals surface area contributed by atoms with Crippen LogP contribution in [-0.4, -0.2) is 30.7 Å². The molecule has 0 spiro atoms. The van der Waals surface area contributed by atoms with Gasteiger partial charge in [0.2, 0.25) is 0 Å². The maximum Gasteiger partial charge on any atom is 0.324 e. The van der Waals surface area contributed by atoms with E-state index >= 15 is 0 Å². The highest BCUT2D eigenvalue weighted by Gasteiger charge is 2.34. The van der Waals surface area contributed by atoms with Crippen molar-refractivity contribution in [2.75, 3.05) is 13.2 Å². The average Bonchev–Trinajstić information content (AvgIpc) is 2.77. The van der Waals surface area contributed by atoms with Crippen molar-refractivity contribution in [1.82, 2.24) is 0 Å². The Bertz CT molecular complexity index is 682. The van der Waals surface area contributed by atoms with Gasteiger partial charge in [-0.25, -0.2) is 0 Å². The van der Waals surface area contributed by atoms with Gasteiger partial charge in [-0.05, 0) is 32.4 Å². The summed E-state index contributed by atoms with van der Waals surface area (Å²) in [6, 6.07) is 6.78. The monoisotopic (exact) mass is 446 g/mol. The number of hydrogen-bond donors (Lipinski definition) is 0. The fraction of sp³-hybridized carbons (Fsp3) is 0.667. The first-order valence-corrected chi connectivity index (χ1v) is 12.5. The van der Waals surface area contributed by atoms with Crippen LogP contribution >= 0.6 is 0 Å². The predicted octanol–water partition coefficient (Wildman–Crippen LogP) is 6.72. The summed E-state index contributed by atoms with van der Waals surface area (Å²) in [7, 11) is 0. The molecule has 1 rings (SSSR count). The molecule has 0 amide bonds. The number of carbonyl (C=O) groups excluding carboxylic acids is 3. The van der Waals surface area contributed by atoms with Gasteiger partial charge in [-0.2, -0.15) is 0 Å². The fourth-order valence-electron chi connectivity index (χ4n) is 3.76. The second-order valence-electron chi connectivity index (χ2n) is 8.39. The normalized spacial score (nSPS) is 11.7. The van der Waals surface area contributed by atoms with Crippen LogP contribution in [0.25, 0.3) is 0 Å². The maximum absolute atomic E-state index is 12.9. The highest BCUT2D eigenvalue weighted by molar-refractivity contribution is 6.22. The summed E-state index contributed by atoms with van der Waals surface area (Å²) in [4.78, 5) is 36.9. The molecular weight excluding hydrogens is 404 g/mol. The number of benzene rings is 1. The van der Waals surface area contributed by atoms with Crippen LogP contribution < -0.4 is 4.74 Å². The van der Waals surface area contributed by atoms with Crippen molar-refractivity contribution in [1.29, 1.82) is 0 Å². The van der Waals surface area contributed by atoms with Crippen molar-refractivity contribution in [3.63, 3.8) is 0 Å². The standard InChI is InChI=1S/C27H42O5/c1-4-6-7-8-9-10-11-12-13-14-15-18-21-32-24-20-17-16-19-23(24)26(29)25(22(3)28)27(30)31-5-2/h16-17,19-20,25H,4-15,18,21H2,1-3H3. The molecule has 0 aliphatic carbocycles. The van der Waals surface area contributed by atoms with E-state index in [0.717, 1.165) is 12.8 Å². The minimum absolute atomic E-state index is 0.118. The van der Waals surface area contributed by atoms with Gasteiger partial charge in [-0.15, -0.1) is 0 Å². The quantitative estimate of drug-likeness (QED) is 0.102. The summed E-state index contributed by atoms with van der Waals surface area (Å²) < 4.78 is 10.7. The average molecular weight is 447 g/mol. The number of ketones is 2. The first-order valence-electron chi connectivity index (χ1n) is 12.5. The van der Waals surface area contributed by atoms with Gasteiger partial charge in [0.15, 0.2) is 17.5 Å². The highest BCUT2D eigenvalue weighted by atomic mass is 16.5. The fourth-order valence-corrected chi connectivity index (χ4v) is 3.76. The third kappa shape index (κ3) is 10.9. The second kappa shape index (κ2) is 17.4. The van der Waals surface area contributed by atoms with Gasteiger partial charge in [-0.1, -0.05) is 89.7 Å². The minimum Gasteiger partial charge on any atom is -0.493 e. The smallest absolute Gasteiger partial charge is 0.324 e. The minimum atomic E-state index is -1.44. The van der Waals surface area contributed by atoms with Gasteiger partial charge in [0.05, 0.1) is 18.8 Å². The Morgan fingerprint density at radius 1 is 0.781 bits per heavy atom. The number of para-hydroxylation sites is 1.